The second-order valence-corrected chi connectivity index (χ2v) is 6.57. The molecule has 2 aliphatic heterocycles. The van der Waals surface area contributed by atoms with Crippen molar-refractivity contribution in [1.29, 1.82) is 0 Å². The first-order valence-electron chi connectivity index (χ1n) is 6.89. The third kappa shape index (κ3) is 2.65. The molecule has 0 radical (unpaired) electrons. The van der Waals surface area contributed by atoms with E-state index in [0.717, 1.165) is 30.9 Å². The number of fused-ring (bicyclic) bond motifs is 1. The van der Waals surface area contributed by atoms with Gasteiger partial charge in [0.05, 0.1) is 0 Å². The maximum Gasteiger partial charge on any atom is 0.321 e. The quantitative estimate of drug-likeness (QED) is 0.901. The molecular formula is C15H19NO2S. The predicted octanol–water partition coefficient (Wildman–Crippen LogP) is 2.39. The Morgan fingerprint density at radius 1 is 1.21 bits per heavy atom. The third-order valence-electron chi connectivity index (χ3n) is 4.23. The number of carboxylic acids is 1. The highest BCUT2D eigenvalue weighted by Gasteiger charge is 2.35. The Kier molecular flexibility index (Phi) is 3.80. The van der Waals surface area contributed by atoms with Crippen molar-refractivity contribution >= 4 is 17.7 Å². The summed E-state index contributed by atoms with van der Waals surface area (Å²) in [5, 5.41) is 9.52. The van der Waals surface area contributed by atoms with Crippen molar-refractivity contribution in [3.05, 3.63) is 35.4 Å². The van der Waals surface area contributed by atoms with Gasteiger partial charge in [0.25, 0.3) is 0 Å². The molecule has 1 N–H and O–H groups in total. The molecule has 1 atom stereocenters. The number of nitrogens with zero attached hydrogens (tertiary/aromatic N) is 1. The van der Waals surface area contributed by atoms with E-state index in [2.05, 4.69) is 23.1 Å². The number of benzene rings is 1. The fourth-order valence-electron chi connectivity index (χ4n) is 3.17. The summed E-state index contributed by atoms with van der Waals surface area (Å²) in [7, 11) is 0. The standard InChI is InChI=1S/C15H19NO2S/c17-15(18)14-9-11-3-1-2-4-12(11)10-16(14)13-5-7-19-8-6-13/h1-4,13-14H,5-10H2,(H,17,18). The number of carboxylic acid groups (broad SMARTS) is 1. The first-order chi connectivity index (χ1) is 9.25. The molecule has 0 spiro atoms. The van der Waals surface area contributed by atoms with Gasteiger partial charge in [0.1, 0.15) is 6.04 Å². The maximum atomic E-state index is 11.6. The van der Waals surface area contributed by atoms with Gasteiger partial charge in [-0.3, -0.25) is 9.69 Å². The molecule has 1 aromatic carbocycles. The van der Waals surface area contributed by atoms with Crippen molar-refractivity contribution in [3.8, 4) is 0 Å². The Labute approximate surface area is 118 Å². The minimum absolute atomic E-state index is 0.344. The zero-order valence-corrected chi connectivity index (χ0v) is 11.7. The fourth-order valence-corrected chi connectivity index (χ4v) is 4.25. The number of carbonyl (C=O) groups is 1. The van der Waals surface area contributed by atoms with Crippen LogP contribution >= 0.6 is 11.8 Å². The van der Waals surface area contributed by atoms with Crippen LogP contribution in [0.25, 0.3) is 0 Å². The first-order valence-corrected chi connectivity index (χ1v) is 8.04. The van der Waals surface area contributed by atoms with Crippen LogP contribution in [0.4, 0.5) is 0 Å². The van der Waals surface area contributed by atoms with Crippen LogP contribution in [0.5, 0.6) is 0 Å². The molecule has 0 aromatic heterocycles. The molecule has 0 bridgehead atoms. The zero-order valence-electron chi connectivity index (χ0n) is 10.9. The van der Waals surface area contributed by atoms with E-state index in [4.69, 9.17) is 0 Å². The van der Waals surface area contributed by atoms with Gasteiger partial charge >= 0.3 is 5.97 Å². The maximum absolute atomic E-state index is 11.6. The van der Waals surface area contributed by atoms with E-state index in [0.29, 0.717) is 12.5 Å². The van der Waals surface area contributed by atoms with Crippen molar-refractivity contribution in [2.24, 2.45) is 0 Å². The Balaban J connectivity index is 1.86. The molecule has 1 fully saturated rings. The Bertz CT molecular complexity index is 471. The number of hydrogen-bond acceptors (Lipinski definition) is 3. The van der Waals surface area contributed by atoms with E-state index in [1.54, 1.807) is 0 Å². The van der Waals surface area contributed by atoms with Crippen LogP contribution in [0.3, 0.4) is 0 Å². The molecule has 1 unspecified atom stereocenters. The Morgan fingerprint density at radius 2 is 1.89 bits per heavy atom. The van der Waals surface area contributed by atoms with Crippen LogP contribution in [0.2, 0.25) is 0 Å². The zero-order chi connectivity index (χ0) is 13.2. The minimum atomic E-state index is -0.673. The highest BCUT2D eigenvalue weighted by molar-refractivity contribution is 7.99. The largest absolute Gasteiger partial charge is 0.480 e. The van der Waals surface area contributed by atoms with E-state index < -0.39 is 5.97 Å². The molecule has 102 valence electrons. The summed E-state index contributed by atoms with van der Waals surface area (Å²) < 4.78 is 0. The smallest absolute Gasteiger partial charge is 0.321 e. The van der Waals surface area contributed by atoms with Gasteiger partial charge < -0.3 is 5.11 Å². The SMILES string of the molecule is O=C(O)C1Cc2ccccc2CN1C1CCSCC1. The van der Waals surface area contributed by atoms with E-state index >= 15 is 0 Å². The predicted molar refractivity (Wildman–Crippen MR) is 77.5 cm³/mol. The molecule has 2 aliphatic rings. The lowest BCUT2D eigenvalue weighted by atomic mass is 9.91. The van der Waals surface area contributed by atoms with Gasteiger partial charge in [-0.15, -0.1) is 0 Å². The van der Waals surface area contributed by atoms with Gasteiger partial charge in [-0.25, -0.2) is 0 Å². The lowest BCUT2D eigenvalue weighted by molar-refractivity contribution is -0.145. The van der Waals surface area contributed by atoms with Crippen LogP contribution in [-0.2, 0) is 17.8 Å². The van der Waals surface area contributed by atoms with Gasteiger partial charge in [0.15, 0.2) is 0 Å². The highest BCUT2D eigenvalue weighted by Crippen LogP contribution is 2.30. The summed E-state index contributed by atoms with van der Waals surface area (Å²) in [6.45, 7) is 0.794. The van der Waals surface area contributed by atoms with E-state index in [9.17, 15) is 9.90 Å². The van der Waals surface area contributed by atoms with Gasteiger partial charge in [0.2, 0.25) is 0 Å². The summed E-state index contributed by atoms with van der Waals surface area (Å²) in [6, 6.07) is 8.36. The second-order valence-electron chi connectivity index (χ2n) is 5.34. The van der Waals surface area contributed by atoms with Gasteiger partial charge in [-0.05, 0) is 41.9 Å². The molecule has 0 saturated carbocycles. The molecule has 0 amide bonds. The molecule has 0 aliphatic carbocycles. The van der Waals surface area contributed by atoms with Crippen molar-refractivity contribution in [2.75, 3.05) is 11.5 Å². The summed E-state index contributed by atoms with van der Waals surface area (Å²) in [5.41, 5.74) is 2.51. The number of thioether (sulfide) groups is 1. The van der Waals surface area contributed by atoms with Crippen molar-refractivity contribution in [3.63, 3.8) is 0 Å². The molecule has 3 rings (SSSR count). The number of hydrogen-bond donors (Lipinski definition) is 1. The van der Waals surface area contributed by atoms with Crippen LogP contribution in [0.1, 0.15) is 24.0 Å². The molecule has 2 heterocycles. The third-order valence-corrected chi connectivity index (χ3v) is 5.28. The van der Waals surface area contributed by atoms with Crippen molar-refractivity contribution < 1.29 is 9.90 Å². The van der Waals surface area contributed by atoms with E-state index in [1.807, 2.05) is 17.8 Å². The Hall–Kier alpha value is -1.00. The van der Waals surface area contributed by atoms with Crippen LogP contribution in [0.15, 0.2) is 24.3 Å². The van der Waals surface area contributed by atoms with Crippen molar-refractivity contribution in [2.45, 2.75) is 37.9 Å². The summed E-state index contributed by atoms with van der Waals surface area (Å²) in [4.78, 5) is 13.8. The average molecular weight is 277 g/mol. The molecule has 19 heavy (non-hydrogen) atoms. The number of aliphatic carboxylic acids is 1. The summed E-state index contributed by atoms with van der Waals surface area (Å²) in [5.74, 6) is 1.65. The molecular weight excluding hydrogens is 258 g/mol. The summed E-state index contributed by atoms with van der Waals surface area (Å²) in [6.07, 6.45) is 2.89. The molecule has 1 aromatic rings. The average Bonchev–Trinajstić information content (AvgIpc) is 2.46. The topological polar surface area (TPSA) is 40.5 Å². The van der Waals surface area contributed by atoms with Crippen LogP contribution < -0.4 is 0 Å². The lowest BCUT2D eigenvalue weighted by Crippen LogP contribution is -2.51. The van der Waals surface area contributed by atoms with Crippen LogP contribution in [-0.4, -0.2) is 39.6 Å². The van der Waals surface area contributed by atoms with Gasteiger partial charge in [-0.2, -0.15) is 11.8 Å². The van der Waals surface area contributed by atoms with Gasteiger partial charge in [-0.1, -0.05) is 24.3 Å². The lowest BCUT2D eigenvalue weighted by Gasteiger charge is -2.41. The van der Waals surface area contributed by atoms with Crippen LogP contribution in [0, 0.1) is 0 Å². The number of rotatable bonds is 2. The summed E-state index contributed by atoms with van der Waals surface area (Å²) >= 11 is 1.98. The van der Waals surface area contributed by atoms with E-state index in [1.165, 1.54) is 11.1 Å². The molecule has 3 nitrogen and oxygen atoms in total. The molecule has 1 saturated heterocycles. The second kappa shape index (κ2) is 5.55. The Morgan fingerprint density at radius 3 is 2.58 bits per heavy atom. The van der Waals surface area contributed by atoms with Crippen molar-refractivity contribution in [1.82, 2.24) is 4.90 Å². The molecule has 4 heteroatoms. The first kappa shape index (κ1) is 13.0. The fraction of sp³-hybridized carbons (Fsp3) is 0.533. The van der Waals surface area contributed by atoms with E-state index in [-0.39, 0.29) is 6.04 Å². The normalized spacial score (nSPS) is 24.9. The monoisotopic (exact) mass is 277 g/mol. The van der Waals surface area contributed by atoms with Gasteiger partial charge in [0, 0.05) is 12.6 Å². The minimum Gasteiger partial charge on any atom is -0.480 e. The highest BCUT2D eigenvalue weighted by atomic mass is 32.2.